The second kappa shape index (κ2) is 7.80. The zero-order valence-electron chi connectivity index (χ0n) is 20.7. The van der Waals surface area contributed by atoms with E-state index in [1.54, 1.807) is 6.07 Å². The highest BCUT2D eigenvalue weighted by Gasteiger charge is 2.80. The molecule has 5 rings (SSSR count). The Morgan fingerprint density at radius 1 is 1.26 bits per heavy atom. The third-order valence-electron chi connectivity index (χ3n) is 8.89. The highest BCUT2D eigenvalue weighted by Crippen LogP contribution is 2.67. The van der Waals surface area contributed by atoms with Gasteiger partial charge in [0, 0.05) is 49.1 Å². The number of ether oxygens (including phenoxy) is 3. The Bertz CT molecular complexity index is 1130. The third-order valence-corrected chi connectivity index (χ3v) is 8.89. The van der Waals surface area contributed by atoms with Gasteiger partial charge in [-0.05, 0) is 31.0 Å². The smallest absolute Gasteiger partial charge is 0.344 e. The molecule has 6 atom stereocenters. The van der Waals surface area contributed by atoms with Crippen LogP contribution >= 0.6 is 0 Å². The van der Waals surface area contributed by atoms with Gasteiger partial charge in [0.1, 0.15) is 5.75 Å². The number of benzene rings is 1. The Kier molecular flexibility index (Phi) is 5.30. The average molecular weight is 485 g/mol. The number of aliphatic hydroxyl groups is 1. The van der Waals surface area contributed by atoms with Gasteiger partial charge in [-0.15, -0.1) is 0 Å². The fourth-order valence-electron chi connectivity index (χ4n) is 7.87. The minimum atomic E-state index is -2.17. The molecule has 1 N–H and O–H groups in total. The van der Waals surface area contributed by atoms with Gasteiger partial charge in [-0.1, -0.05) is 19.1 Å². The summed E-state index contributed by atoms with van der Waals surface area (Å²) in [5.41, 5.74) is -1.70. The summed E-state index contributed by atoms with van der Waals surface area (Å²) in [6.07, 6.45) is 4.81. The molecule has 3 aliphatic heterocycles. The fourth-order valence-corrected chi connectivity index (χ4v) is 7.87. The molecule has 0 unspecified atom stereocenters. The Morgan fingerprint density at radius 2 is 2.00 bits per heavy atom. The number of nitrogens with zero attached hydrogens (tertiary/aromatic N) is 2. The third kappa shape index (κ3) is 2.68. The SMILES string of the molecule is CC[C@]12C=CCN3CC[C@@]4(c5cc(C=O)c(OC)cc5N(C)[C@H]4[C@@](O)(C(=O)OC)[C@@H]1OC(C)=O)[C@@H]32. The summed E-state index contributed by atoms with van der Waals surface area (Å²) in [6, 6.07) is 2.65. The van der Waals surface area contributed by atoms with E-state index in [0.717, 1.165) is 24.1 Å². The topological polar surface area (TPSA) is 106 Å². The molecular formula is C26H32N2O7. The summed E-state index contributed by atoms with van der Waals surface area (Å²) in [7, 11) is 4.55. The molecule has 188 valence electrons. The van der Waals surface area contributed by atoms with Crippen LogP contribution in [0.1, 0.15) is 42.6 Å². The molecule has 35 heavy (non-hydrogen) atoms. The number of esters is 2. The summed E-state index contributed by atoms with van der Waals surface area (Å²) in [4.78, 5) is 42.2. The minimum absolute atomic E-state index is 0.180. The van der Waals surface area contributed by atoms with Gasteiger partial charge in [-0.25, -0.2) is 4.79 Å². The van der Waals surface area contributed by atoms with Crippen molar-refractivity contribution in [2.45, 2.75) is 55.9 Å². The molecule has 2 fully saturated rings. The van der Waals surface area contributed by atoms with Crippen LogP contribution in [0.4, 0.5) is 5.69 Å². The summed E-state index contributed by atoms with van der Waals surface area (Å²) in [5.74, 6) is -1.01. The Labute approximate surface area is 204 Å². The van der Waals surface area contributed by atoms with Gasteiger partial charge in [-0.3, -0.25) is 14.5 Å². The molecule has 1 aromatic rings. The normalized spacial score (nSPS) is 36.7. The van der Waals surface area contributed by atoms with Gasteiger partial charge in [0.15, 0.2) is 12.4 Å². The first-order valence-electron chi connectivity index (χ1n) is 12.0. The summed E-state index contributed by atoms with van der Waals surface area (Å²) < 4.78 is 16.6. The molecule has 1 aromatic carbocycles. The zero-order chi connectivity index (χ0) is 25.3. The van der Waals surface area contributed by atoms with Crippen LogP contribution < -0.4 is 9.64 Å². The molecule has 1 aliphatic carbocycles. The summed E-state index contributed by atoms with van der Waals surface area (Å²) in [5, 5.41) is 12.5. The van der Waals surface area contributed by atoms with E-state index in [1.165, 1.54) is 21.1 Å². The number of rotatable bonds is 5. The van der Waals surface area contributed by atoms with Crippen LogP contribution in [-0.4, -0.2) is 86.4 Å². The number of fused-ring (bicyclic) bond motifs is 1. The summed E-state index contributed by atoms with van der Waals surface area (Å²) in [6.45, 7) is 4.71. The molecule has 0 amide bonds. The van der Waals surface area contributed by atoms with Gasteiger partial charge in [0.25, 0.3) is 0 Å². The Hall–Kier alpha value is -2.91. The van der Waals surface area contributed by atoms with Gasteiger partial charge < -0.3 is 24.2 Å². The van der Waals surface area contributed by atoms with E-state index in [2.05, 4.69) is 4.90 Å². The van der Waals surface area contributed by atoms with Crippen LogP contribution in [0.15, 0.2) is 24.3 Å². The van der Waals surface area contributed by atoms with Crippen molar-refractivity contribution in [3.63, 3.8) is 0 Å². The number of hydrogen-bond donors (Lipinski definition) is 1. The predicted molar refractivity (Wildman–Crippen MR) is 127 cm³/mol. The quantitative estimate of drug-likeness (QED) is 0.378. The first-order chi connectivity index (χ1) is 16.7. The van der Waals surface area contributed by atoms with E-state index in [-0.39, 0.29) is 6.04 Å². The van der Waals surface area contributed by atoms with Crippen molar-refractivity contribution in [1.82, 2.24) is 4.90 Å². The molecule has 0 radical (unpaired) electrons. The van der Waals surface area contributed by atoms with Crippen molar-refractivity contribution >= 4 is 23.9 Å². The average Bonchev–Trinajstić information content (AvgIpc) is 3.36. The van der Waals surface area contributed by atoms with Crippen molar-refractivity contribution in [2.24, 2.45) is 5.41 Å². The van der Waals surface area contributed by atoms with Crippen LogP contribution in [0.5, 0.6) is 5.75 Å². The van der Waals surface area contributed by atoms with Crippen molar-refractivity contribution in [2.75, 3.05) is 39.3 Å². The molecule has 0 bridgehead atoms. The monoisotopic (exact) mass is 484 g/mol. The Balaban J connectivity index is 1.89. The van der Waals surface area contributed by atoms with Crippen LogP contribution in [0, 0.1) is 5.41 Å². The summed E-state index contributed by atoms with van der Waals surface area (Å²) >= 11 is 0. The Morgan fingerprint density at radius 3 is 2.60 bits per heavy atom. The first kappa shape index (κ1) is 23.8. The van der Waals surface area contributed by atoms with Gasteiger partial charge in [0.2, 0.25) is 5.60 Å². The van der Waals surface area contributed by atoms with Crippen LogP contribution in [0.3, 0.4) is 0 Å². The molecule has 3 heterocycles. The van der Waals surface area contributed by atoms with E-state index in [1.807, 2.05) is 37.1 Å². The number of carbonyl (C=O) groups excluding carboxylic acids is 3. The number of aldehydes is 1. The second-order valence-corrected chi connectivity index (χ2v) is 10.1. The van der Waals surface area contributed by atoms with E-state index in [4.69, 9.17) is 14.2 Å². The maximum absolute atomic E-state index is 13.6. The van der Waals surface area contributed by atoms with Gasteiger partial charge in [-0.2, -0.15) is 0 Å². The molecule has 1 saturated carbocycles. The largest absolute Gasteiger partial charge is 0.496 e. The maximum atomic E-state index is 13.6. The van der Waals surface area contributed by atoms with Crippen LogP contribution in [0.2, 0.25) is 0 Å². The second-order valence-electron chi connectivity index (χ2n) is 10.1. The molecule has 0 aromatic heterocycles. The molecule has 9 heteroatoms. The lowest BCUT2D eigenvalue weighted by Gasteiger charge is -2.63. The number of likely N-dealkylation sites (N-methyl/N-ethyl adjacent to an activating group) is 1. The first-order valence-corrected chi connectivity index (χ1v) is 12.0. The van der Waals surface area contributed by atoms with E-state index < -0.39 is 40.5 Å². The molecular weight excluding hydrogens is 452 g/mol. The van der Waals surface area contributed by atoms with Crippen molar-refractivity contribution in [1.29, 1.82) is 0 Å². The van der Waals surface area contributed by atoms with Gasteiger partial charge >= 0.3 is 11.9 Å². The molecule has 1 saturated heterocycles. The molecule has 4 aliphatic rings. The lowest BCUT2D eigenvalue weighted by Crippen LogP contribution is -2.81. The van der Waals surface area contributed by atoms with Crippen molar-refractivity contribution in [3.05, 3.63) is 35.4 Å². The van der Waals surface area contributed by atoms with E-state index >= 15 is 0 Å². The number of methoxy groups -OCH3 is 2. The van der Waals surface area contributed by atoms with E-state index in [0.29, 0.717) is 30.7 Å². The van der Waals surface area contributed by atoms with Gasteiger partial charge in [0.05, 0.1) is 25.8 Å². The van der Waals surface area contributed by atoms with Crippen LogP contribution in [-0.2, 0) is 24.5 Å². The fraction of sp³-hybridized carbons (Fsp3) is 0.577. The highest BCUT2D eigenvalue weighted by atomic mass is 16.6. The number of hydrogen-bond acceptors (Lipinski definition) is 9. The standard InChI is InChI=1S/C26H32N2O7/c1-6-24-8-7-10-28-11-9-25(20(24)28)17-12-16(14-29)19(33-4)13-18(17)27(3)21(25)26(32,23(31)34-5)22(24)35-15(2)30/h7-8,12-14,20-22,32H,6,9-11H2,1-5H3/t20-,21+,22+,24+,25+,26-/m0/s1. The zero-order valence-corrected chi connectivity index (χ0v) is 20.7. The lowest BCUT2D eigenvalue weighted by molar-refractivity contribution is -0.228. The van der Waals surface area contributed by atoms with Crippen LogP contribution in [0.25, 0.3) is 0 Å². The minimum Gasteiger partial charge on any atom is -0.496 e. The van der Waals surface area contributed by atoms with E-state index in [9.17, 15) is 19.5 Å². The predicted octanol–water partition coefficient (Wildman–Crippen LogP) is 1.45. The molecule has 1 spiro atoms. The highest BCUT2D eigenvalue weighted by molar-refractivity contribution is 5.89. The van der Waals surface area contributed by atoms with Crippen molar-refractivity contribution in [3.8, 4) is 5.75 Å². The lowest BCUT2D eigenvalue weighted by atomic mass is 9.47. The number of carbonyl (C=O) groups is 3. The van der Waals surface area contributed by atoms with Crippen molar-refractivity contribution < 1.29 is 33.7 Å². The maximum Gasteiger partial charge on any atom is 0.344 e. The number of anilines is 1. The molecule has 9 nitrogen and oxygen atoms in total.